The molecule has 1 aromatic heterocycles. The number of nitrogens with zero attached hydrogens (tertiary/aromatic N) is 2. The van der Waals surface area contributed by atoms with E-state index in [-0.39, 0.29) is 30.4 Å². The number of carbonyl (C=O) groups is 2. The minimum absolute atomic E-state index is 0.0371. The fraction of sp³-hybridized carbons (Fsp3) is 0.357. The average molecular weight is 477 g/mol. The van der Waals surface area contributed by atoms with Crippen molar-refractivity contribution in [1.29, 1.82) is 0 Å². The van der Waals surface area contributed by atoms with Crippen LogP contribution >= 0.6 is 11.3 Å². The van der Waals surface area contributed by atoms with Gasteiger partial charge in [0.2, 0.25) is 5.91 Å². The van der Waals surface area contributed by atoms with E-state index in [1.165, 1.54) is 16.0 Å². The number of aryl methyl sites for hydroxylation is 1. The highest BCUT2D eigenvalue weighted by molar-refractivity contribution is 7.10. The van der Waals surface area contributed by atoms with Crippen molar-refractivity contribution in [1.82, 2.24) is 9.80 Å². The summed E-state index contributed by atoms with van der Waals surface area (Å²) in [6.07, 6.45) is 1.76. The molecule has 0 saturated carbocycles. The highest BCUT2D eigenvalue weighted by atomic mass is 32.1. The molecule has 34 heavy (non-hydrogen) atoms. The zero-order valence-electron chi connectivity index (χ0n) is 20.3. The predicted octanol–water partition coefficient (Wildman–Crippen LogP) is 5.34. The lowest BCUT2D eigenvalue weighted by atomic mass is 9.93. The lowest BCUT2D eigenvalue weighted by Gasteiger charge is -2.38. The third kappa shape index (κ3) is 4.87. The smallest absolute Gasteiger partial charge is 0.254 e. The van der Waals surface area contributed by atoms with E-state index in [0.29, 0.717) is 12.1 Å². The normalized spacial score (nSPS) is 15.2. The van der Waals surface area contributed by atoms with E-state index in [9.17, 15) is 9.59 Å². The first-order valence-corrected chi connectivity index (χ1v) is 12.7. The summed E-state index contributed by atoms with van der Waals surface area (Å²) in [4.78, 5) is 32.0. The van der Waals surface area contributed by atoms with Crippen LogP contribution in [0.1, 0.15) is 58.7 Å². The zero-order valence-corrected chi connectivity index (χ0v) is 21.1. The maximum atomic E-state index is 13.7. The molecule has 0 radical (unpaired) electrons. The van der Waals surface area contributed by atoms with Crippen LogP contribution in [0.4, 0.5) is 0 Å². The van der Waals surface area contributed by atoms with Crippen LogP contribution in [0.5, 0.6) is 5.75 Å². The number of methoxy groups -OCH3 is 1. The van der Waals surface area contributed by atoms with Crippen LogP contribution in [0.25, 0.3) is 0 Å². The van der Waals surface area contributed by atoms with E-state index >= 15 is 0 Å². The number of benzene rings is 2. The van der Waals surface area contributed by atoms with E-state index in [4.69, 9.17) is 4.74 Å². The number of hydrogen-bond donors (Lipinski definition) is 0. The van der Waals surface area contributed by atoms with Gasteiger partial charge in [-0.25, -0.2) is 0 Å². The molecule has 178 valence electrons. The molecule has 1 aliphatic rings. The molecule has 0 spiro atoms. The monoisotopic (exact) mass is 476 g/mol. The number of hydrogen-bond acceptors (Lipinski definition) is 4. The van der Waals surface area contributed by atoms with Crippen LogP contribution < -0.4 is 4.74 Å². The van der Waals surface area contributed by atoms with E-state index in [0.717, 1.165) is 24.2 Å². The average Bonchev–Trinajstić information content (AvgIpc) is 3.35. The Labute approximate surface area is 206 Å². The van der Waals surface area contributed by atoms with Crippen LogP contribution in [0, 0.1) is 0 Å². The van der Waals surface area contributed by atoms with Crippen molar-refractivity contribution < 1.29 is 14.3 Å². The van der Waals surface area contributed by atoms with Gasteiger partial charge in [0.05, 0.1) is 13.2 Å². The summed E-state index contributed by atoms with van der Waals surface area (Å²) in [5, 5.41) is 2.10. The molecule has 3 aromatic rings. The van der Waals surface area contributed by atoms with Crippen molar-refractivity contribution in [3.63, 3.8) is 0 Å². The Kier molecular flexibility index (Phi) is 7.37. The highest BCUT2D eigenvalue weighted by Crippen LogP contribution is 2.38. The van der Waals surface area contributed by atoms with E-state index in [1.54, 1.807) is 23.3 Å². The van der Waals surface area contributed by atoms with Gasteiger partial charge in [0, 0.05) is 23.0 Å². The second kappa shape index (κ2) is 10.4. The van der Waals surface area contributed by atoms with Gasteiger partial charge in [-0.3, -0.25) is 9.59 Å². The second-order valence-electron chi connectivity index (χ2n) is 8.89. The van der Waals surface area contributed by atoms with Crippen LogP contribution in [-0.2, 0) is 17.6 Å². The van der Waals surface area contributed by atoms with Crippen molar-refractivity contribution >= 4 is 23.2 Å². The predicted molar refractivity (Wildman–Crippen MR) is 137 cm³/mol. The van der Waals surface area contributed by atoms with Crippen LogP contribution in [0.2, 0.25) is 0 Å². The molecular weight excluding hydrogens is 444 g/mol. The molecule has 0 bridgehead atoms. The van der Waals surface area contributed by atoms with Gasteiger partial charge >= 0.3 is 0 Å². The van der Waals surface area contributed by atoms with Crippen LogP contribution in [0.15, 0.2) is 60.0 Å². The van der Waals surface area contributed by atoms with Crippen molar-refractivity contribution in [3.05, 3.63) is 87.1 Å². The maximum Gasteiger partial charge on any atom is 0.254 e. The lowest BCUT2D eigenvalue weighted by Crippen LogP contribution is -2.48. The number of amides is 2. The third-order valence-electron chi connectivity index (χ3n) is 6.52. The van der Waals surface area contributed by atoms with Gasteiger partial charge in [0.25, 0.3) is 5.91 Å². The highest BCUT2D eigenvalue weighted by Gasteiger charge is 2.34. The zero-order chi connectivity index (χ0) is 24.2. The van der Waals surface area contributed by atoms with Gasteiger partial charge in [0.1, 0.15) is 12.3 Å². The molecule has 1 aliphatic heterocycles. The van der Waals surface area contributed by atoms with Gasteiger partial charge in [-0.05, 0) is 79.1 Å². The molecule has 1 atom stereocenters. The Morgan fingerprint density at radius 1 is 1.09 bits per heavy atom. The van der Waals surface area contributed by atoms with Gasteiger partial charge in [-0.15, -0.1) is 11.3 Å². The first-order chi connectivity index (χ1) is 16.4. The maximum absolute atomic E-state index is 13.7. The second-order valence-corrected chi connectivity index (χ2v) is 9.89. The SMILES string of the molecule is CCc1ccc(C(=O)N(CC(=O)N2CCc3sccc3C2c2ccc(OC)cc2)C(C)C)cc1. The molecule has 0 saturated heterocycles. The molecule has 0 aliphatic carbocycles. The van der Waals surface area contributed by atoms with Crippen molar-refractivity contribution in [2.75, 3.05) is 20.2 Å². The first-order valence-electron chi connectivity index (χ1n) is 11.8. The van der Waals surface area contributed by atoms with Gasteiger partial charge in [0.15, 0.2) is 0 Å². The Morgan fingerprint density at radius 2 is 1.79 bits per heavy atom. The van der Waals surface area contributed by atoms with Gasteiger partial charge < -0.3 is 14.5 Å². The van der Waals surface area contributed by atoms with Gasteiger partial charge in [-0.2, -0.15) is 0 Å². The Hall–Kier alpha value is -3.12. The number of carbonyl (C=O) groups excluding carboxylic acids is 2. The molecule has 2 amide bonds. The quantitative estimate of drug-likeness (QED) is 0.462. The molecule has 6 heteroatoms. The molecule has 1 unspecified atom stereocenters. The summed E-state index contributed by atoms with van der Waals surface area (Å²) < 4.78 is 5.32. The van der Waals surface area contributed by atoms with Crippen LogP contribution in [0.3, 0.4) is 0 Å². The van der Waals surface area contributed by atoms with Crippen molar-refractivity contribution in [2.24, 2.45) is 0 Å². The molecule has 0 N–H and O–H groups in total. The summed E-state index contributed by atoms with van der Waals surface area (Å²) >= 11 is 1.74. The third-order valence-corrected chi connectivity index (χ3v) is 7.51. The minimum Gasteiger partial charge on any atom is -0.497 e. The number of thiophene rings is 1. The number of fused-ring (bicyclic) bond motifs is 1. The number of ether oxygens (including phenoxy) is 1. The van der Waals surface area contributed by atoms with E-state index < -0.39 is 0 Å². The molecule has 5 nitrogen and oxygen atoms in total. The van der Waals surface area contributed by atoms with Crippen molar-refractivity contribution in [2.45, 2.75) is 45.7 Å². The minimum atomic E-state index is -0.165. The fourth-order valence-electron chi connectivity index (χ4n) is 4.51. The first kappa shape index (κ1) is 24.0. The lowest BCUT2D eigenvalue weighted by molar-refractivity contribution is -0.134. The summed E-state index contributed by atoms with van der Waals surface area (Å²) in [7, 11) is 1.65. The summed E-state index contributed by atoms with van der Waals surface area (Å²) in [5.41, 5.74) is 4.02. The Bertz CT molecular complexity index is 1140. The largest absolute Gasteiger partial charge is 0.497 e. The molecule has 0 fully saturated rings. The fourth-order valence-corrected chi connectivity index (χ4v) is 5.41. The summed E-state index contributed by atoms with van der Waals surface area (Å²) in [6.45, 7) is 6.69. The Balaban J connectivity index is 1.60. The molecule has 4 rings (SSSR count). The molecule has 2 aromatic carbocycles. The molecular formula is C28H32N2O3S. The Morgan fingerprint density at radius 3 is 2.41 bits per heavy atom. The summed E-state index contributed by atoms with van der Waals surface area (Å²) in [5.74, 6) is 0.638. The van der Waals surface area contributed by atoms with E-state index in [1.807, 2.05) is 67.3 Å². The van der Waals surface area contributed by atoms with Gasteiger partial charge in [-0.1, -0.05) is 31.2 Å². The standard InChI is InChI=1S/C28H32N2O3S/c1-5-20-6-8-22(9-7-20)28(32)30(19(2)3)18-26(31)29-16-14-25-24(15-17-34-25)27(29)21-10-12-23(33-4)13-11-21/h6-13,15,17,19,27H,5,14,16,18H2,1-4H3. The van der Waals surface area contributed by atoms with Crippen LogP contribution in [-0.4, -0.2) is 47.9 Å². The molecule has 2 heterocycles. The van der Waals surface area contributed by atoms with Crippen molar-refractivity contribution in [3.8, 4) is 5.75 Å². The number of rotatable bonds is 7. The topological polar surface area (TPSA) is 49.9 Å². The van der Waals surface area contributed by atoms with E-state index in [2.05, 4.69) is 18.4 Å². The summed E-state index contributed by atoms with van der Waals surface area (Å²) in [6, 6.07) is 17.5.